The minimum absolute atomic E-state index is 0.0795. The van der Waals surface area contributed by atoms with Crippen LogP contribution in [0, 0.1) is 13.8 Å². The van der Waals surface area contributed by atoms with Crippen molar-refractivity contribution in [3.63, 3.8) is 0 Å². The zero-order valence-corrected chi connectivity index (χ0v) is 14.4. The molecule has 2 heterocycles. The van der Waals surface area contributed by atoms with Gasteiger partial charge in [0.2, 0.25) is 17.8 Å². The number of likely N-dealkylation sites (N-methyl/N-ethyl adjacent to an activating group) is 1. The van der Waals surface area contributed by atoms with Crippen molar-refractivity contribution in [2.75, 3.05) is 12.4 Å². The van der Waals surface area contributed by atoms with Crippen LogP contribution in [0.25, 0.3) is 0 Å². The molecule has 0 radical (unpaired) electrons. The average molecular weight is 335 g/mol. The van der Waals surface area contributed by atoms with Gasteiger partial charge in [-0.2, -0.15) is 0 Å². The first-order valence-corrected chi connectivity index (χ1v) is 8.25. The Morgan fingerprint density at radius 1 is 1.30 bits per heavy atom. The fraction of sp³-hybridized carbons (Fsp3) is 0.467. The molecule has 8 heteroatoms. The maximum absolute atomic E-state index is 11.9. The van der Waals surface area contributed by atoms with Gasteiger partial charge in [-0.05, 0) is 38.3 Å². The normalized spacial score (nSPS) is 10.6. The summed E-state index contributed by atoms with van der Waals surface area (Å²) in [6, 6.07) is 2.18. The summed E-state index contributed by atoms with van der Waals surface area (Å²) in [5, 5.41) is 9.18. The monoisotopic (exact) mass is 335 g/mol. The van der Waals surface area contributed by atoms with E-state index in [1.807, 2.05) is 0 Å². The second-order valence-corrected chi connectivity index (χ2v) is 6.74. The SMILES string of the molecule is CNC(=O)Cn1cnc(NC(=O)CCCc2cc(C)sc2C)n1. The third-order valence-electron chi connectivity index (χ3n) is 3.37. The number of thiophene rings is 1. The molecule has 7 nitrogen and oxygen atoms in total. The van der Waals surface area contributed by atoms with Crippen LogP contribution >= 0.6 is 11.3 Å². The van der Waals surface area contributed by atoms with Gasteiger partial charge >= 0.3 is 0 Å². The minimum Gasteiger partial charge on any atom is -0.358 e. The molecule has 0 fully saturated rings. The number of anilines is 1. The lowest BCUT2D eigenvalue weighted by Gasteiger charge is -2.02. The van der Waals surface area contributed by atoms with E-state index >= 15 is 0 Å². The Balaban J connectivity index is 1.76. The third-order valence-corrected chi connectivity index (χ3v) is 4.37. The number of hydrogen-bond acceptors (Lipinski definition) is 5. The fourth-order valence-electron chi connectivity index (χ4n) is 2.21. The highest BCUT2D eigenvalue weighted by molar-refractivity contribution is 7.12. The molecule has 2 aromatic heterocycles. The molecule has 23 heavy (non-hydrogen) atoms. The van der Waals surface area contributed by atoms with Crippen molar-refractivity contribution in [3.8, 4) is 0 Å². The summed E-state index contributed by atoms with van der Waals surface area (Å²) in [7, 11) is 1.55. The van der Waals surface area contributed by atoms with E-state index in [0.29, 0.717) is 6.42 Å². The fourth-order valence-corrected chi connectivity index (χ4v) is 3.19. The topological polar surface area (TPSA) is 88.9 Å². The van der Waals surface area contributed by atoms with Crippen LogP contribution in [-0.4, -0.2) is 33.6 Å². The van der Waals surface area contributed by atoms with Gasteiger partial charge < -0.3 is 5.32 Å². The van der Waals surface area contributed by atoms with Gasteiger partial charge in [-0.1, -0.05) is 0 Å². The molecule has 0 aliphatic rings. The Morgan fingerprint density at radius 3 is 2.74 bits per heavy atom. The summed E-state index contributed by atoms with van der Waals surface area (Å²) in [5.74, 6) is -0.0667. The molecule has 0 aliphatic carbocycles. The Bertz CT molecular complexity index is 692. The van der Waals surface area contributed by atoms with Crippen molar-refractivity contribution in [2.45, 2.75) is 39.7 Å². The number of nitrogens with zero attached hydrogens (tertiary/aromatic N) is 3. The summed E-state index contributed by atoms with van der Waals surface area (Å²) in [6.45, 7) is 4.28. The van der Waals surface area contributed by atoms with Crippen molar-refractivity contribution >= 4 is 29.1 Å². The van der Waals surface area contributed by atoms with Crippen LogP contribution in [0.3, 0.4) is 0 Å². The zero-order valence-electron chi connectivity index (χ0n) is 13.5. The highest BCUT2D eigenvalue weighted by Gasteiger charge is 2.09. The van der Waals surface area contributed by atoms with E-state index in [9.17, 15) is 9.59 Å². The van der Waals surface area contributed by atoms with E-state index in [2.05, 4.69) is 40.6 Å². The van der Waals surface area contributed by atoms with Gasteiger partial charge in [0.15, 0.2) is 0 Å². The van der Waals surface area contributed by atoms with E-state index in [1.54, 1.807) is 18.4 Å². The first-order valence-electron chi connectivity index (χ1n) is 7.43. The van der Waals surface area contributed by atoms with Crippen molar-refractivity contribution < 1.29 is 9.59 Å². The molecule has 0 bridgehead atoms. The van der Waals surface area contributed by atoms with Gasteiger partial charge in [0, 0.05) is 23.2 Å². The Hall–Kier alpha value is -2.22. The van der Waals surface area contributed by atoms with Crippen molar-refractivity contribution in [2.24, 2.45) is 0 Å². The average Bonchev–Trinajstić information content (AvgIpc) is 3.05. The van der Waals surface area contributed by atoms with Crippen LogP contribution in [0.4, 0.5) is 5.95 Å². The molecular weight excluding hydrogens is 314 g/mol. The van der Waals surface area contributed by atoms with E-state index in [4.69, 9.17) is 0 Å². The molecule has 0 unspecified atom stereocenters. The zero-order chi connectivity index (χ0) is 16.8. The number of carbonyl (C=O) groups excluding carboxylic acids is 2. The van der Waals surface area contributed by atoms with Crippen molar-refractivity contribution in [3.05, 3.63) is 27.7 Å². The standard InChI is InChI=1S/C15H21N5O2S/c1-10-7-12(11(2)23-10)5-4-6-13(21)18-15-17-9-20(19-15)8-14(22)16-3/h7,9H,4-6,8H2,1-3H3,(H,16,22)(H,18,19,21). The summed E-state index contributed by atoms with van der Waals surface area (Å²) >= 11 is 1.78. The Labute approximate surface area is 139 Å². The van der Waals surface area contributed by atoms with Crippen molar-refractivity contribution in [1.29, 1.82) is 0 Å². The first-order chi connectivity index (χ1) is 11.0. The molecule has 2 aromatic rings. The lowest BCUT2D eigenvalue weighted by molar-refractivity contribution is -0.121. The lowest BCUT2D eigenvalue weighted by atomic mass is 10.1. The molecule has 0 aliphatic heterocycles. The minimum atomic E-state index is -0.172. The van der Waals surface area contributed by atoms with E-state index < -0.39 is 0 Å². The van der Waals surface area contributed by atoms with Gasteiger partial charge in [-0.15, -0.1) is 16.4 Å². The van der Waals surface area contributed by atoms with Crippen LogP contribution in [0.2, 0.25) is 0 Å². The molecule has 0 spiro atoms. The maximum atomic E-state index is 11.9. The van der Waals surface area contributed by atoms with E-state index in [0.717, 1.165) is 12.8 Å². The molecule has 0 saturated heterocycles. The van der Waals surface area contributed by atoms with Gasteiger partial charge in [0.05, 0.1) is 0 Å². The van der Waals surface area contributed by atoms with Crippen molar-refractivity contribution in [1.82, 2.24) is 20.1 Å². The van der Waals surface area contributed by atoms with Gasteiger partial charge in [-0.25, -0.2) is 9.67 Å². The number of carbonyl (C=O) groups is 2. The highest BCUT2D eigenvalue weighted by Crippen LogP contribution is 2.22. The summed E-state index contributed by atoms with van der Waals surface area (Å²) < 4.78 is 1.38. The number of aryl methyl sites for hydroxylation is 3. The molecule has 0 atom stereocenters. The van der Waals surface area contributed by atoms with Gasteiger partial charge in [-0.3, -0.25) is 14.9 Å². The quantitative estimate of drug-likeness (QED) is 0.805. The van der Waals surface area contributed by atoms with Crippen LogP contribution < -0.4 is 10.6 Å². The summed E-state index contributed by atoms with van der Waals surface area (Å²) in [6.07, 6.45) is 3.50. The number of aromatic nitrogens is 3. The molecule has 0 saturated carbocycles. The molecule has 2 N–H and O–H groups in total. The number of amides is 2. The smallest absolute Gasteiger partial charge is 0.248 e. The molecule has 2 rings (SSSR count). The number of hydrogen-bond donors (Lipinski definition) is 2. The highest BCUT2D eigenvalue weighted by atomic mass is 32.1. The predicted molar refractivity (Wildman–Crippen MR) is 89.4 cm³/mol. The van der Waals surface area contributed by atoms with Crippen LogP contribution in [-0.2, 0) is 22.6 Å². The van der Waals surface area contributed by atoms with E-state index in [-0.39, 0.29) is 24.3 Å². The van der Waals surface area contributed by atoms with Gasteiger partial charge in [0.1, 0.15) is 12.9 Å². The second kappa shape index (κ2) is 7.87. The molecule has 124 valence electrons. The predicted octanol–water partition coefficient (Wildman–Crippen LogP) is 1.66. The maximum Gasteiger partial charge on any atom is 0.248 e. The third kappa shape index (κ3) is 5.17. The second-order valence-electron chi connectivity index (χ2n) is 5.28. The summed E-state index contributed by atoms with van der Waals surface area (Å²) in [5.41, 5.74) is 1.31. The molecule has 2 amide bonds. The summed E-state index contributed by atoms with van der Waals surface area (Å²) in [4.78, 5) is 29.7. The van der Waals surface area contributed by atoms with Crippen LogP contribution in [0.15, 0.2) is 12.4 Å². The molecule has 0 aromatic carbocycles. The lowest BCUT2D eigenvalue weighted by Crippen LogP contribution is -2.23. The first kappa shape index (κ1) is 17.1. The Kier molecular flexibility index (Phi) is 5.86. The van der Waals surface area contributed by atoms with E-state index in [1.165, 1.54) is 26.3 Å². The number of rotatable bonds is 7. The van der Waals surface area contributed by atoms with Crippen LogP contribution in [0.5, 0.6) is 0 Å². The number of nitrogens with one attached hydrogen (secondary N) is 2. The Morgan fingerprint density at radius 2 is 2.09 bits per heavy atom. The van der Waals surface area contributed by atoms with Crippen LogP contribution in [0.1, 0.15) is 28.2 Å². The molecular formula is C15H21N5O2S. The largest absolute Gasteiger partial charge is 0.358 e. The van der Waals surface area contributed by atoms with Gasteiger partial charge in [0.25, 0.3) is 0 Å².